The lowest BCUT2D eigenvalue weighted by Gasteiger charge is -2.18. The maximum Gasteiger partial charge on any atom is 0.329 e. The topological polar surface area (TPSA) is 75.6 Å². The molecule has 0 bridgehead atoms. The molecule has 0 radical (unpaired) electrons. The fourth-order valence-corrected chi connectivity index (χ4v) is 1.88. The summed E-state index contributed by atoms with van der Waals surface area (Å²) in [5.74, 6) is -1.96. The number of ether oxygens (including phenoxy) is 1. The number of rotatable bonds is 5. The number of halogens is 2. The van der Waals surface area contributed by atoms with Crippen molar-refractivity contribution in [3.8, 4) is 5.75 Å². The number of carboxylic acids is 1. The van der Waals surface area contributed by atoms with Gasteiger partial charge in [-0.15, -0.1) is 0 Å². The van der Waals surface area contributed by atoms with Crippen molar-refractivity contribution in [2.24, 2.45) is 0 Å². The largest absolute Gasteiger partial charge is 0.480 e. The van der Waals surface area contributed by atoms with Crippen LogP contribution in [0.5, 0.6) is 5.75 Å². The summed E-state index contributed by atoms with van der Waals surface area (Å²) < 4.78 is 18.2. The van der Waals surface area contributed by atoms with Crippen LogP contribution >= 0.6 is 11.6 Å². The van der Waals surface area contributed by atoms with E-state index in [-0.39, 0.29) is 10.8 Å². The second-order valence-corrected chi connectivity index (χ2v) is 5.12. The smallest absolute Gasteiger partial charge is 0.329 e. The van der Waals surface area contributed by atoms with Gasteiger partial charge in [-0.2, -0.15) is 0 Å². The number of carbonyl (C=O) groups is 2. The summed E-state index contributed by atoms with van der Waals surface area (Å²) in [6.07, 6.45) is -0.134. The summed E-state index contributed by atoms with van der Waals surface area (Å²) in [4.78, 5) is 22.8. The summed E-state index contributed by atoms with van der Waals surface area (Å²) in [5, 5.41) is 11.5. The lowest BCUT2D eigenvalue weighted by atomic mass is 10.2. The molecule has 5 nitrogen and oxygen atoms in total. The normalized spacial score (nSPS) is 17.1. The molecule has 1 aromatic rings. The zero-order valence-corrected chi connectivity index (χ0v) is 11.4. The molecule has 1 atom stereocenters. The molecule has 0 spiro atoms. The van der Waals surface area contributed by atoms with Gasteiger partial charge in [0, 0.05) is 0 Å². The average Bonchev–Trinajstić information content (AvgIpc) is 3.13. The molecule has 7 heteroatoms. The van der Waals surface area contributed by atoms with Crippen molar-refractivity contribution in [2.45, 2.75) is 31.4 Å². The van der Waals surface area contributed by atoms with E-state index in [4.69, 9.17) is 21.4 Å². The molecule has 1 unspecified atom stereocenters. The van der Waals surface area contributed by atoms with Crippen molar-refractivity contribution in [1.29, 1.82) is 0 Å². The molecular formula is C13H13ClFNO4. The van der Waals surface area contributed by atoms with Gasteiger partial charge >= 0.3 is 5.97 Å². The molecule has 2 rings (SSSR count). The number of hydrogen-bond acceptors (Lipinski definition) is 3. The highest BCUT2D eigenvalue weighted by molar-refractivity contribution is 6.32. The van der Waals surface area contributed by atoms with Crippen molar-refractivity contribution >= 4 is 23.5 Å². The Hall–Kier alpha value is -1.82. The molecule has 1 saturated carbocycles. The van der Waals surface area contributed by atoms with Crippen molar-refractivity contribution < 1.29 is 23.8 Å². The van der Waals surface area contributed by atoms with E-state index in [1.54, 1.807) is 0 Å². The molecule has 2 N–H and O–H groups in total. The first-order valence-corrected chi connectivity index (χ1v) is 6.39. The van der Waals surface area contributed by atoms with Crippen molar-refractivity contribution in [2.75, 3.05) is 0 Å². The molecule has 0 aliphatic heterocycles. The Morgan fingerprint density at radius 2 is 2.15 bits per heavy atom. The minimum atomic E-state index is -1.17. The number of carboxylic acid groups (broad SMARTS) is 1. The number of benzene rings is 1. The molecule has 0 saturated heterocycles. The van der Waals surface area contributed by atoms with E-state index in [0.29, 0.717) is 12.8 Å². The predicted molar refractivity (Wildman–Crippen MR) is 69.2 cm³/mol. The third-order valence-electron chi connectivity index (χ3n) is 3.09. The molecule has 1 aliphatic rings. The van der Waals surface area contributed by atoms with Crippen LogP contribution in [-0.2, 0) is 9.59 Å². The highest BCUT2D eigenvalue weighted by Crippen LogP contribution is 2.35. The van der Waals surface area contributed by atoms with Gasteiger partial charge in [0.05, 0.1) is 5.02 Å². The van der Waals surface area contributed by atoms with Crippen LogP contribution in [0.2, 0.25) is 5.02 Å². The van der Waals surface area contributed by atoms with Crippen molar-refractivity contribution in [3.05, 3.63) is 29.0 Å². The molecule has 1 aliphatic carbocycles. The fraction of sp³-hybridized carbons (Fsp3) is 0.385. The van der Waals surface area contributed by atoms with Gasteiger partial charge in [0.25, 0.3) is 5.91 Å². The SMILES string of the molecule is CC(Oc1ccc(F)cc1Cl)C(=O)NC1(C(=O)O)CC1. The lowest BCUT2D eigenvalue weighted by Crippen LogP contribution is -2.48. The van der Waals surface area contributed by atoms with Crippen LogP contribution < -0.4 is 10.1 Å². The monoisotopic (exact) mass is 301 g/mol. The number of aliphatic carboxylic acids is 1. The van der Waals surface area contributed by atoms with E-state index in [9.17, 15) is 14.0 Å². The summed E-state index contributed by atoms with van der Waals surface area (Å²) >= 11 is 5.78. The van der Waals surface area contributed by atoms with Gasteiger partial charge in [-0.25, -0.2) is 9.18 Å². The molecule has 0 heterocycles. The van der Waals surface area contributed by atoms with Crippen LogP contribution in [0.3, 0.4) is 0 Å². The third-order valence-corrected chi connectivity index (χ3v) is 3.38. The first-order valence-electron chi connectivity index (χ1n) is 6.01. The van der Waals surface area contributed by atoms with Gasteiger partial charge < -0.3 is 15.2 Å². The summed E-state index contributed by atoms with van der Waals surface area (Å²) in [5.41, 5.74) is -1.17. The van der Waals surface area contributed by atoms with E-state index in [2.05, 4.69) is 5.32 Å². The van der Waals surface area contributed by atoms with Gasteiger partial charge in [0.1, 0.15) is 17.1 Å². The highest BCUT2D eigenvalue weighted by atomic mass is 35.5. The maximum atomic E-state index is 12.9. The molecule has 1 aromatic carbocycles. The fourth-order valence-electron chi connectivity index (χ4n) is 1.67. The minimum absolute atomic E-state index is 0.0454. The number of carbonyl (C=O) groups excluding carboxylic acids is 1. The zero-order chi connectivity index (χ0) is 14.9. The molecular weight excluding hydrogens is 289 g/mol. The first kappa shape index (κ1) is 14.6. The maximum absolute atomic E-state index is 12.9. The lowest BCUT2D eigenvalue weighted by molar-refractivity contribution is -0.144. The third kappa shape index (κ3) is 3.01. The molecule has 1 fully saturated rings. The van der Waals surface area contributed by atoms with Crippen LogP contribution in [0, 0.1) is 5.82 Å². The van der Waals surface area contributed by atoms with E-state index in [1.165, 1.54) is 13.0 Å². The van der Waals surface area contributed by atoms with Crippen molar-refractivity contribution in [3.63, 3.8) is 0 Å². The van der Waals surface area contributed by atoms with Gasteiger partial charge in [0.2, 0.25) is 0 Å². The Morgan fingerprint density at radius 3 is 2.65 bits per heavy atom. The van der Waals surface area contributed by atoms with Gasteiger partial charge in [-0.1, -0.05) is 11.6 Å². The van der Waals surface area contributed by atoms with Crippen LogP contribution in [0.4, 0.5) is 4.39 Å². The van der Waals surface area contributed by atoms with Crippen LogP contribution in [0.15, 0.2) is 18.2 Å². The van der Waals surface area contributed by atoms with E-state index < -0.39 is 29.3 Å². The van der Waals surface area contributed by atoms with E-state index in [0.717, 1.165) is 12.1 Å². The Kier molecular flexibility index (Phi) is 3.85. The van der Waals surface area contributed by atoms with E-state index in [1.807, 2.05) is 0 Å². The Labute approximate surface area is 119 Å². The van der Waals surface area contributed by atoms with Crippen LogP contribution in [-0.4, -0.2) is 28.6 Å². The quantitative estimate of drug-likeness (QED) is 0.872. The average molecular weight is 302 g/mol. The standard InChI is InChI=1S/C13H13ClFNO4/c1-7(11(17)16-13(4-5-13)12(18)19)20-10-3-2-8(15)6-9(10)14/h2-3,6-7H,4-5H2,1H3,(H,16,17)(H,18,19). The Bertz CT molecular complexity index is 559. The second kappa shape index (κ2) is 5.28. The van der Waals surface area contributed by atoms with Gasteiger partial charge in [-0.05, 0) is 38.0 Å². The molecule has 108 valence electrons. The summed E-state index contributed by atoms with van der Waals surface area (Å²) in [7, 11) is 0. The minimum Gasteiger partial charge on any atom is -0.480 e. The predicted octanol–water partition coefficient (Wildman–Crippen LogP) is 1.98. The summed E-state index contributed by atoms with van der Waals surface area (Å²) in [6, 6.07) is 3.54. The summed E-state index contributed by atoms with van der Waals surface area (Å²) in [6.45, 7) is 1.47. The molecule has 0 aromatic heterocycles. The second-order valence-electron chi connectivity index (χ2n) is 4.71. The zero-order valence-electron chi connectivity index (χ0n) is 10.7. The van der Waals surface area contributed by atoms with Crippen molar-refractivity contribution in [1.82, 2.24) is 5.32 Å². The van der Waals surface area contributed by atoms with Crippen LogP contribution in [0.1, 0.15) is 19.8 Å². The van der Waals surface area contributed by atoms with Gasteiger partial charge in [-0.3, -0.25) is 4.79 Å². The number of hydrogen-bond donors (Lipinski definition) is 2. The van der Waals surface area contributed by atoms with Gasteiger partial charge in [0.15, 0.2) is 6.10 Å². The molecule has 1 amide bonds. The Balaban J connectivity index is 1.99. The Morgan fingerprint density at radius 1 is 1.50 bits per heavy atom. The molecule has 20 heavy (non-hydrogen) atoms. The first-order chi connectivity index (χ1) is 9.34. The number of amides is 1. The van der Waals surface area contributed by atoms with E-state index >= 15 is 0 Å². The number of nitrogens with one attached hydrogen (secondary N) is 1. The van der Waals surface area contributed by atoms with Crippen LogP contribution in [0.25, 0.3) is 0 Å². The highest BCUT2D eigenvalue weighted by Gasteiger charge is 2.52.